The van der Waals surface area contributed by atoms with Crippen LogP contribution in [0, 0.1) is 6.92 Å². The number of nitrogens with one attached hydrogen (secondary N) is 1. The van der Waals surface area contributed by atoms with Crippen LogP contribution in [0.1, 0.15) is 30.5 Å². The number of benzene rings is 2. The first-order valence-electron chi connectivity index (χ1n) is 8.25. The molecule has 128 valence electrons. The second kappa shape index (κ2) is 6.51. The van der Waals surface area contributed by atoms with Crippen molar-refractivity contribution in [3.05, 3.63) is 70.9 Å². The van der Waals surface area contributed by atoms with Gasteiger partial charge in [-0.1, -0.05) is 36.4 Å². The van der Waals surface area contributed by atoms with Gasteiger partial charge in [0.05, 0.1) is 11.4 Å². The molecule has 0 radical (unpaired) electrons. The monoisotopic (exact) mass is 334 g/mol. The highest BCUT2D eigenvalue weighted by Gasteiger charge is 2.30. The number of hydrogen-bond donors (Lipinski definition) is 2. The quantitative estimate of drug-likeness (QED) is 0.660. The van der Waals surface area contributed by atoms with Crippen LogP contribution in [0.2, 0.25) is 0 Å². The Labute approximate surface area is 147 Å². The number of amides is 1. The third-order valence-electron chi connectivity index (χ3n) is 4.12. The molecule has 1 amide bonds. The van der Waals surface area contributed by atoms with Crippen molar-refractivity contribution in [1.82, 2.24) is 5.32 Å². The summed E-state index contributed by atoms with van der Waals surface area (Å²) in [5.41, 5.74) is 10.0. The molecule has 0 aliphatic carbocycles. The van der Waals surface area contributed by atoms with Gasteiger partial charge in [-0.2, -0.15) is 5.11 Å². The van der Waals surface area contributed by atoms with Crippen LogP contribution in [0.3, 0.4) is 0 Å². The second-order valence-corrected chi connectivity index (χ2v) is 6.97. The number of nitrogens with two attached hydrogens (primary N) is 1. The summed E-state index contributed by atoms with van der Waals surface area (Å²) in [7, 11) is 0. The van der Waals surface area contributed by atoms with Gasteiger partial charge < -0.3 is 11.1 Å². The summed E-state index contributed by atoms with van der Waals surface area (Å²) in [4.78, 5) is 12.1. The van der Waals surface area contributed by atoms with Crippen molar-refractivity contribution in [1.29, 1.82) is 0 Å². The normalized spacial score (nSPS) is 17.7. The minimum atomic E-state index is -0.605. The molecule has 1 heterocycles. The second-order valence-electron chi connectivity index (χ2n) is 6.97. The number of azo groups is 1. The lowest BCUT2D eigenvalue weighted by Gasteiger charge is -2.35. The minimum Gasteiger partial charge on any atom is -0.377 e. The van der Waals surface area contributed by atoms with Crippen molar-refractivity contribution in [2.45, 2.75) is 32.7 Å². The summed E-state index contributed by atoms with van der Waals surface area (Å²) in [5, 5.41) is 11.8. The summed E-state index contributed by atoms with van der Waals surface area (Å²) in [6, 6.07) is 15.6. The maximum absolute atomic E-state index is 12.1. The Balaban J connectivity index is 2.11. The molecular formula is C20H22N4O. The Hall–Kier alpha value is -2.95. The summed E-state index contributed by atoms with van der Waals surface area (Å²) in [6.45, 7) is 6.15. The zero-order valence-electron chi connectivity index (χ0n) is 14.7. The van der Waals surface area contributed by atoms with Crippen LogP contribution in [0.4, 0.5) is 5.69 Å². The lowest BCUT2D eigenvalue weighted by molar-refractivity contribution is -0.114. The molecule has 0 aromatic heterocycles. The minimum absolute atomic E-state index is 0.140. The first kappa shape index (κ1) is 16.9. The molecule has 1 aliphatic rings. The van der Waals surface area contributed by atoms with E-state index in [4.69, 9.17) is 5.73 Å². The summed E-state index contributed by atoms with van der Waals surface area (Å²) >= 11 is 0. The van der Waals surface area contributed by atoms with Crippen molar-refractivity contribution < 1.29 is 4.79 Å². The van der Waals surface area contributed by atoms with E-state index in [0.717, 1.165) is 23.1 Å². The molecule has 0 atom stereocenters. The van der Waals surface area contributed by atoms with E-state index in [1.165, 1.54) is 0 Å². The smallest absolute Gasteiger partial charge is 0.271 e. The fourth-order valence-corrected chi connectivity index (χ4v) is 3.05. The average molecular weight is 334 g/mol. The third-order valence-corrected chi connectivity index (χ3v) is 4.12. The Kier molecular flexibility index (Phi) is 4.40. The molecule has 0 fully saturated rings. The van der Waals surface area contributed by atoms with Crippen LogP contribution in [0.25, 0.3) is 5.70 Å². The Morgan fingerprint density at radius 1 is 1.16 bits per heavy atom. The molecule has 0 saturated heterocycles. The van der Waals surface area contributed by atoms with Crippen molar-refractivity contribution in [2.24, 2.45) is 16.0 Å². The predicted octanol–water partition coefficient (Wildman–Crippen LogP) is 3.86. The molecule has 3 N–H and O–H groups in total. The van der Waals surface area contributed by atoms with Gasteiger partial charge in [0.25, 0.3) is 5.91 Å². The molecule has 2 aromatic carbocycles. The summed E-state index contributed by atoms with van der Waals surface area (Å²) in [5.74, 6) is -0.605. The molecule has 3 rings (SSSR count). The fourth-order valence-electron chi connectivity index (χ4n) is 3.05. The van der Waals surface area contributed by atoms with Gasteiger partial charge in [-0.25, -0.2) is 0 Å². The van der Waals surface area contributed by atoms with E-state index in [1.807, 2.05) is 49.4 Å². The number of hydrogen-bond acceptors (Lipinski definition) is 4. The third kappa shape index (κ3) is 3.76. The number of fused-ring (bicyclic) bond motifs is 1. The summed E-state index contributed by atoms with van der Waals surface area (Å²) < 4.78 is 0. The predicted molar refractivity (Wildman–Crippen MR) is 99.2 cm³/mol. The zero-order chi connectivity index (χ0) is 18.0. The van der Waals surface area contributed by atoms with Gasteiger partial charge in [0.15, 0.2) is 5.70 Å². The highest BCUT2D eigenvalue weighted by molar-refractivity contribution is 6.00. The molecule has 0 unspecified atom stereocenters. The average Bonchev–Trinajstić information content (AvgIpc) is 2.53. The van der Waals surface area contributed by atoms with Crippen LogP contribution in [-0.4, -0.2) is 11.4 Å². The first-order chi connectivity index (χ1) is 11.9. The number of aryl methyl sites for hydroxylation is 1. The van der Waals surface area contributed by atoms with Gasteiger partial charge >= 0.3 is 0 Å². The molecule has 2 aromatic rings. The number of carbonyl (C=O) groups is 1. The summed E-state index contributed by atoms with van der Waals surface area (Å²) in [6.07, 6.45) is 0.855. The number of nitrogens with zero attached hydrogens (tertiary/aromatic N) is 2. The maximum Gasteiger partial charge on any atom is 0.271 e. The van der Waals surface area contributed by atoms with Crippen LogP contribution in [0.15, 0.2) is 64.5 Å². The molecule has 0 spiro atoms. The van der Waals surface area contributed by atoms with Gasteiger partial charge in [-0.3, -0.25) is 4.79 Å². The molecule has 5 heteroatoms. The van der Waals surface area contributed by atoms with Crippen LogP contribution in [0.5, 0.6) is 0 Å². The molecule has 0 saturated carbocycles. The van der Waals surface area contributed by atoms with E-state index in [1.54, 1.807) is 0 Å². The van der Waals surface area contributed by atoms with Gasteiger partial charge in [0.1, 0.15) is 0 Å². The standard InChI is InChI=1S/C20H22N4O/c1-13-7-6-9-15(11-13)23-24-18(19(21)25)17-16-10-5-4-8-14(16)12-20(2,3)22-17/h4-11,22H,12H2,1-3H3,(H2,21,25)/b18-17+,24-23+. The topological polar surface area (TPSA) is 79.8 Å². The van der Waals surface area contributed by atoms with Crippen molar-refractivity contribution in [3.63, 3.8) is 0 Å². The molecule has 5 nitrogen and oxygen atoms in total. The highest BCUT2D eigenvalue weighted by Crippen LogP contribution is 2.32. The Bertz CT molecular complexity index is 881. The Morgan fingerprint density at radius 2 is 1.92 bits per heavy atom. The maximum atomic E-state index is 12.1. The van der Waals surface area contributed by atoms with Gasteiger partial charge in [0.2, 0.25) is 0 Å². The van der Waals surface area contributed by atoms with Crippen molar-refractivity contribution in [2.75, 3.05) is 0 Å². The van der Waals surface area contributed by atoms with Crippen molar-refractivity contribution in [3.8, 4) is 0 Å². The lowest BCUT2D eigenvalue weighted by atomic mass is 9.85. The number of primary amides is 1. The largest absolute Gasteiger partial charge is 0.377 e. The fraction of sp³-hybridized carbons (Fsp3) is 0.250. The number of rotatable bonds is 3. The van der Waals surface area contributed by atoms with E-state index >= 15 is 0 Å². The van der Waals surface area contributed by atoms with Gasteiger partial charge in [0, 0.05) is 11.1 Å². The van der Waals surface area contributed by atoms with E-state index in [2.05, 4.69) is 35.5 Å². The zero-order valence-corrected chi connectivity index (χ0v) is 14.7. The number of carbonyl (C=O) groups excluding carboxylic acids is 1. The van der Waals surface area contributed by atoms with E-state index in [-0.39, 0.29) is 11.2 Å². The SMILES string of the molecule is Cc1cccc(/N=N/C(C(N)=O)=C2/NC(C)(C)Cc3ccccc32)c1. The van der Waals surface area contributed by atoms with Crippen LogP contribution < -0.4 is 11.1 Å². The van der Waals surface area contributed by atoms with E-state index < -0.39 is 5.91 Å². The van der Waals surface area contributed by atoms with E-state index in [9.17, 15) is 4.79 Å². The van der Waals surface area contributed by atoms with Crippen LogP contribution in [-0.2, 0) is 11.2 Å². The lowest BCUT2D eigenvalue weighted by Crippen LogP contribution is -2.44. The molecule has 1 aliphatic heterocycles. The van der Waals surface area contributed by atoms with Crippen LogP contribution >= 0.6 is 0 Å². The molecule has 25 heavy (non-hydrogen) atoms. The molecular weight excluding hydrogens is 312 g/mol. The highest BCUT2D eigenvalue weighted by atomic mass is 16.1. The first-order valence-corrected chi connectivity index (χ1v) is 8.25. The van der Waals surface area contributed by atoms with E-state index in [0.29, 0.717) is 11.4 Å². The van der Waals surface area contributed by atoms with Gasteiger partial charge in [-0.05, 0) is 50.5 Å². The van der Waals surface area contributed by atoms with Crippen molar-refractivity contribution >= 4 is 17.3 Å². The molecule has 0 bridgehead atoms. The van der Waals surface area contributed by atoms with Gasteiger partial charge in [-0.15, -0.1) is 5.11 Å². The Morgan fingerprint density at radius 3 is 2.64 bits per heavy atom.